The molecule has 0 saturated carbocycles. The number of halogens is 5. The SMILES string of the molecule is C=CCCCCCC(C)C.C=CCCCCCC(C)CCCCCC(F)(F)C(F)(F)F. The van der Waals surface area contributed by atoms with Gasteiger partial charge in [0, 0.05) is 6.42 Å². The Kier molecular flexibility index (Phi) is 20.6. The minimum absolute atomic E-state index is 0.0709. The van der Waals surface area contributed by atoms with Crippen molar-refractivity contribution >= 4 is 0 Å². The van der Waals surface area contributed by atoms with Crippen LogP contribution in [0.4, 0.5) is 22.0 Å². The molecule has 0 N–H and O–H groups in total. The van der Waals surface area contributed by atoms with E-state index in [1.807, 2.05) is 12.2 Å². The van der Waals surface area contributed by atoms with Crippen molar-refractivity contribution in [2.45, 2.75) is 129 Å². The molecule has 1 atom stereocenters. The highest BCUT2D eigenvalue weighted by Gasteiger charge is 2.56. The van der Waals surface area contributed by atoms with Crippen molar-refractivity contribution in [1.82, 2.24) is 0 Å². The van der Waals surface area contributed by atoms with Crippen molar-refractivity contribution in [3.8, 4) is 0 Å². The van der Waals surface area contributed by atoms with Gasteiger partial charge in [-0.1, -0.05) is 90.7 Å². The lowest BCUT2D eigenvalue weighted by atomic mass is 9.96. The Balaban J connectivity index is 0. The second-order valence-corrected chi connectivity index (χ2v) is 9.15. The second-order valence-electron chi connectivity index (χ2n) is 9.15. The molecule has 0 nitrogen and oxygen atoms in total. The zero-order valence-corrected chi connectivity index (χ0v) is 20.2. The van der Waals surface area contributed by atoms with Crippen LogP contribution in [-0.4, -0.2) is 12.1 Å². The Bertz CT molecular complexity index is 413. The zero-order chi connectivity index (χ0) is 24.2. The molecule has 1 unspecified atom stereocenters. The minimum atomic E-state index is -5.41. The standard InChI is InChI=1S/C16H27F5.C10H20/c1-3-4-5-6-8-11-14(2)12-9-7-10-13-15(17,18)16(19,20)21;1-4-5-6-7-8-9-10(2)3/h3,14H,1,4-13H2,2H3;4,10H,1,5-9H2,2-3H3. The van der Waals surface area contributed by atoms with Gasteiger partial charge >= 0.3 is 12.1 Å². The van der Waals surface area contributed by atoms with Crippen LogP contribution in [0.3, 0.4) is 0 Å². The average Bonchev–Trinajstić information content (AvgIpc) is 2.66. The van der Waals surface area contributed by atoms with Gasteiger partial charge in [0.25, 0.3) is 0 Å². The van der Waals surface area contributed by atoms with Gasteiger partial charge in [-0.05, 0) is 43.9 Å². The summed E-state index contributed by atoms with van der Waals surface area (Å²) in [6.07, 6.45) is 11.6. The smallest absolute Gasteiger partial charge is 0.196 e. The lowest BCUT2D eigenvalue weighted by Crippen LogP contribution is -2.36. The van der Waals surface area contributed by atoms with Crippen LogP contribution in [0.1, 0.15) is 117 Å². The molecular formula is C26H47F5. The summed E-state index contributed by atoms with van der Waals surface area (Å²) in [6, 6.07) is 0. The van der Waals surface area contributed by atoms with Gasteiger partial charge in [-0.25, -0.2) is 0 Å². The summed E-state index contributed by atoms with van der Waals surface area (Å²) in [5.74, 6) is -3.15. The third-order valence-electron chi connectivity index (χ3n) is 5.40. The summed E-state index contributed by atoms with van der Waals surface area (Å²) in [6.45, 7) is 14.0. The quantitative estimate of drug-likeness (QED) is 0.110. The fourth-order valence-electron chi connectivity index (χ4n) is 3.28. The van der Waals surface area contributed by atoms with Gasteiger partial charge in [0.05, 0.1) is 0 Å². The fourth-order valence-corrected chi connectivity index (χ4v) is 3.28. The van der Waals surface area contributed by atoms with E-state index in [-0.39, 0.29) is 6.42 Å². The Morgan fingerprint density at radius 1 is 0.613 bits per heavy atom. The van der Waals surface area contributed by atoms with E-state index in [9.17, 15) is 22.0 Å². The molecule has 0 bridgehead atoms. The van der Waals surface area contributed by atoms with Crippen LogP contribution in [-0.2, 0) is 0 Å². The molecule has 0 aliphatic carbocycles. The molecular weight excluding hydrogens is 407 g/mol. The predicted molar refractivity (Wildman–Crippen MR) is 125 cm³/mol. The maximum absolute atomic E-state index is 12.7. The molecule has 0 aromatic carbocycles. The van der Waals surface area contributed by atoms with Gasteiger partial charge < -0.3 is 0 Å². The van der Waals surface area contributed by atoms with Gasteiger partial charge in [0.2, 0.25) is 0 Å². The first kappa shape index (κ1) is 32.3. The van der Waals surface area contributed by atoms with Crippen LogP contribution in [0.25, 0.3) is 0 Å². The van der Waals surface area contributed by atoms with Gasteiger partial charge in [-0.2, -0.15) is 22.0 Å². The topological polar surface area (TPSA) is 0 Å². The van der Waals surface area contributed by atoms with Crippen LogP contribution in [0, 0.1) is 11.8 Å². The number of alkyl halides is 5. The molecule has 0 amide bonds. The lowest BCUT2D eigenvalue weighted by Gasteiger charge is -2.19. The van der Waals surface area contributed by atoms with E-state index < -0.39 is 18.5 Å². The van der Waals surface area contributed by atoms with E-state index in [0.717, 1.165) is 50.9 Å². The van der Waals surface area contributed by atoms with Crippen molar-refractivity contribution in [2.24, 2.45) is 11.8 Å². The minimum Gasteiger partial charge on any atom is -0.196 e. The summed E-state index contributed by atoms with van der Waals surface area (Å²) in [4.78, 5) is 0. The first-order chi connectivity index (χ1) is 14.5. The highest BCUT2D eigenvalue weighted by molar-refractivity contribution is 4.75. The van der Waals surface area contributed by atoms with Crippen LogP contribution in [0.5, 0.6) is 0 Å². The monoisotopic (exact) mass is 454 g/mol. The summed E-state index contributed by atoms with van der Waals surface area (Å²) >= 11 is 0. The first-order valence-corrected chi connectivity index (χ1v) is 12.1. The molecule has 0 spiro atoms. The molecule has 5 heteroatoms. The third-order valence-corrected chi connectivity index (χ3v) is 5.40. The van der Waals surface area contributed by atoms with Gasteiger partial charge in [0.15, 0.2) is 0 Å². The third kappa shape index (κ3) is 22.1. The molecule has 0 radical (unpaired) electrons. The molecule has 0 aliphatic rings. The van der Waals surface area contributed by atoms with Crippen LogP contribution in [0.2, 0.25) is 0 Å². The van der Waals surface area contributed by atoms with Gasteiger partial charge in [0.1, 0.15) is 0 Å². The number of unbranched alkanes of at least 4 members (excludes halogenated alkanes) is 8. The summed E-state index contributed by atoms with van der Waals surface area (Å²) in [5, 5.41) is 0. The first-order valence-electron chi connectivity index (χ1n) is 12.1. The predicted octanol–water partition coefficient (Wildman–Crippen LogP) is 10.7. The molecule has 31 heavy (non-hydrogen) atoms. The number of allylic oxidation sites excluding steroid dienone is 2. The second kappa shape index (κ2) is 19.8. The molecule has 0 heterocycles. The number of rotatable bonds is 18. The van der Waals surface area contributed by atoms with E-state index in [2.05, 4.69) is 33.9 Å². The summed E-state index contributed by atoms with van der Waals surface area (Å²) in [5.41, 5.74) is 0. The molecule has 0 aromatic rings. The highest BCUT2D eigenvalue weighted by atomic mass is 19.4. The van der Waals surface area contributed by atoms with Crippen molar-refractivity contribution in [3.05, 3.63) is 25.3 Å². The number of hydrogen-bond acceptors (Lipinski definition) is 0. The normalized spacial score (nSPS) is 12.9. The Morgan fingerprint density at radius 3 is 1.42 bits per heavy atom. The molecule has 0 saturated heterocycles. The van der Waals surface area contributed by atoms with Crippen molar-refractivity contribution in [3.63, 3.8) is 0 Å². The van der Waals surface area contributed by atoms with Crippen LogP contribution < -0.4 is 0 Å². The maximum atomic E-state index is 12.7. The van der Waals surface area contributed by atoms with Gasteiger partial charge in [-0.15, -0.1) is 13.2 Å². The lowest BCUT2D eigenvalue weighted by molar-refractivity contribution is -0.284. The van der Waals surface area contributed by atoms with E-state index in [1.165, 1.54) is 32.1 Å². The largest absolute Gasteiger partial charge is 0.453 e. The Morgan fingerprint density at radius 2 is 1.03 bits per heavy atom. The molecule has 0 fully saturated rings. The molecule has 0 aliphatic heterocycles. The van der Waals surface area contributed by atoms with Crippen molar-refractivity contribution in [1.29, 1.82) is 0 Å². The van der Waals surface area contributed by atoms with E-state index >= 15 is 0 Å². The molecule has 0 aromatic heterocycles. The molecule has 186 valence electrons. The Labute approximate surface area is 188 Å². The van der Waals surface area contributed by atoms with E-state index in [0.29, 0.717) is 12.3 Å². The average molecular weight is 455 g/mol. The zero-order valence-electron chi connectivity index (χ0n) is 20.2. The highest BCUT2D eigenvalue weighted by Crippen LogP contribution is 2.39. The van der Waals surface area contributed by atoms with Crippen LogP contribution >= 0.6 is 0 Å². The van der Waals surface area contributed by atoms with E-state index in [1.54, 1.807) is 0 Å². The summed E-state index contributed by atoms with van der Waals surface area (Å²) in [7, 11) is 0. The fraction of sp³-hybridized carbons (Fsp3) is 0.846. The van der Waals surface area contributed by atoms with Crippen molar-refractivity contribution in [2.75, 3.05) is 0 Å². The number of hydrogen-bond donors (Lipinski definition) is 0. The van der Waals surface area contributed by atoms with Crippen molar-refractivity contribution < 1.29 is 22.0 Å². The Hall–Kier alpha value is -0.870. The molecule has 0 rings (SSSR count). The van der Waals surface area contributed by atoms with Gasteiger partial charge in [-0.3, -0.25) is 0 Å². The van der Waals surface area contributed by atoms with E-state index in [4.69, 9.17) is 0 Å². The van der Waals surface area contributed by atoms with Crippen LogP contribution in [0.15, 0.2) is 25.3 Å². The summed E-state index contributed by atoms with van der Waals surface area (Å²) < 4.78 is 61.1. The maximum Gasteiger partial charge on any atom is 0.453 e.